The average molecular weight is 840 g/mol. The first kappa shape index (κ1) is 39.0. The predicted octanol–water partition coefficient (Wildman–Crippen LogP) is 17.4. The standard InChI is InChI=1S/C64H57N/c1-42-36-44-38-43(2)64(50(37-42)39-44)60-20-10-7-17-54(60)56-32-26-48(41-61(56)64)47-24-30-52(31-25-47)65(51-28-22-46(23-29-51)45-14-4-3-5-15-45)62-21-11-8-16-53(62)49-27-33-59-57(40-49)55-18-6-9-19-58(55)63(59)34-12-13-35-63/h3-11,14-33,40-44,50H,12-13,34-39H2,1-2H3/t42-,43+,44?,50-,64-/m1/s1. The number of anilines is 3. The lowest BCUT2D eigenvalue weighted by molar-refractivity contribution is 0.0426. The van der Waals surface area contributed by atoms with Gasteiger partial charge in [-0.1, -0.05) is 172 Å². The van der Waals surface area contributed by atoms with Gasteiger partial charge in [0.1, 0.15) is 0 Å². The molecule has 5 atom stereocenters. The lowest BCUT2D eigenvalue weighted by Gasteiger charge is -2.54. The zero-order valence-corrected chi connectivity index (χ0v) is 37.8. The summed E-state index contributed by atoms with van der Waals surface area (Å²) in [6.07, 6.45) is 10.5. The van der Waals surface area contributed by atoms with Gasteiger partial charge in [-0.25, -0.2) is 0 Å². The quantitative estimate of drug-likeness (QED) is 0.161. The van der Waals surface area contributed by atoms with Crippen LogP contribution in [0.5, 0.6) is 0 Å². The molecular formula is C64H57N. The molecule has 5 aliphatic rings. The zero-order valence-electron chi connectivity index (χ0n) is 37.8. The molecule has 0 amide bonds. The third-order valence-electron chi connectivity index (χ3n) is 17.1. The SMILES string of the molecule is C[C@@H]1CC2C[C@@H](C1)[C@@]1(c3ccccc3-c3ccc(-c4ccc(N(c5ccc(-c6ccccc6)cc5)c5ccccc5-c5ccc6c(c5)-c5ccccc5C65CCCC5)cc4)cc31)[C@@H](C)C2. The van der Waals surface area contributed by atoms with Crippen molar-refractivity contribution in [3.63, 3.8) is 0 Å². The molecule has 8 aromatic rings. The molecular weight excluding hydrogens is 783 g/mol. The summed E-state index contributed by atoms with van der Waals surface area (Å²) in [7, 11) is 0. The number of benzene rings is 8. The van der Waals surface area contributed by atoms with Gasteiger partial charge in [0.25, 0.3) is 0 Å². The fourth-order valence-electron chi connectivity index (χ4n) is 14.6. The van der Waals surface area contributed by atoms with Crippen LogP contribution < -0.4 is 4.90 Å². The lowest BCUT2D eigenvalue weighted by Crippen LogP contribution is -2.49. The number of para-hydroxylation sites is 1. The number of nitrogens with zero attached hydrogens (tertiary/aromatic N) is 1. The van der Waals surface area contributed by atoms with Crippen LogP contribution in [0.2, 0.25) is 0 Å². The average Bonchev–Trinajstić information content (AvgIpc) is 4.04. The highest BCUT2D eigenvalue weighted by molar-refractivity contribution is 5.92. The second-order valence-corrected chi connectivity index (χ2v) is 20.6. The van der Waals surface area contributed by atoms with Crippen LogP contribution in [0.1, 0.15) is 87.5 Å². The van der Waals surface area contributed by atoms with Gasteiger partial charge in [0.05, 0.1) is 5.69 Å². The van der Waals surface area contributed by atoms with E-state index in [2.05, 4.69) is 207 Å². The van der Waals surface area contributed by atoms with Crippen molar-refractivity contribution in [1.29, 1.82) is 0 Å². The summed E-state index contributed by atoms with van der Waals surface area (Å²) in [4.78, 5) is 2.48. The van der Waals surface area contributed by atoms with Crippen LogP contribution in [0.25, 0.3) is 55.6 Å². The Labute approximate surface area is 385 Å². The molecule has 8 aromatic carbocycles. The highest BCUT2D eigenvalue weighted by Crippen LogP contribution is 2.65. The molecule has 0 radical (unpaired) electrons. The molecule has 13 rings (SSSR count). The Morgan fingerprint density at radius 3 is 1.69 bits per heavy atom. The van der Waals surface area contributed by atoms with Gasteiger partial charge in [-0.3, -0.25) is 0 Å². The fourth-order valence-corrected chi connectivity index (χ4v) is 14.6. The molecule has 0 N–H and O–H groups in total. The second-order valence-electron chi connectivity index (χ2n) is 20.6. The Balaban J connectivity index is 0.918. The fraction of sp³-hybridized carbons (Fsp3) is 0.250. The van der Waals surface area contributed by atoms with Crippen molar-refractivity contribution in [3.05, 3.63) is 210 Å². The van der Waals surface area contributed by atoms with E-state index < -0.39 is 0 Å². The smallest absolute Gasteiger partial charge is 0.0540 e. The second kappa shape index (κ2) is 15.1. The molecule has 0 heterocycles. The van der Waals surface area contributed by atoms with Crippen LogP contribution in [-0.4, -0.2) is 0 Å². The summed E-state index contributed by atoms with van der Waals surface area (Å²) in [5, 5.41) is 0. The van der Waals surface area contributed by atoms with Crippen LogP contribution in [0, 0.1) is 23.7 Å². The Morgan fingerprint density at radius 1 is 0.400 bits per heavy atom. The molecule has 2 bridgehead atoms. The molecule has 3 fully saturated rings. The van der Waals surface area contributed by atoms with Gasteiger partial charge >= 0.3 is 0 Å². The van der Waals surface area contributed by atoms with Crippen molar-refractivity contribution >= 4 is 17.1 Å². The first-order chi connectivity index (χ1) is 32.0. The topological polar surface area (TPSA) is 3.24 Å². The van der Waals surface area contributed by atoms with Crippen LogP contribution in [-0.2, 0) is 10.8 Å². The van der Waals surface area contributed by atoms with E-state index in [1.165, 1.54) is 124 Å². The van der Waals surface area contributed by atoms with Crippen molar-refractivity contribution in [1.82, 2.24) is 0 Å². The summed E-state index contributed by atoms with van der Waals surface area (Å²) in [6, 6.07) is 71.9. The molecule has 3 saturated carbocycles. The van der Waals surface area contributed by atoms with E-state index in [4.69, 9.17) is 0 Å². The maximum absolute atomic E-state index is 2.61. The van der Waals surface area contributed by atoms with E-state index in [0.29, 0.717) is 11.8 Å². The van der Waals surface area contributed by atoms with E-state index in [-0.39, 0.29) is 10.8 Å². The third-order valence-corrected chi connectivity index (χ3v) is 17.1. The number of rotatable bonds is 6. The first-order valence-corrected chi connectivity index (χ1v) is 24.6. The molecule has 0 aliphatic heterocycles. The molecule has 2 spiro atoms. The largest absolute Gasteiger partial charge is 0.310 e. The minimum atomic E-state index is 0.0802. The van der Waals surface area contributed by atoms with E-state index in [0.717, 1.165) is 23.2 Å². The monoisotopic (exact) mass is 839 g/mol. The van der Waals surface area contributed by atoms with Crippen molar-refractivity contribution < 1.29 is 0 Å². The highest BCUT2D eigenvalue weighted by atomic mass is 15.1. The molecule has 1 nitrogen and oxygen atoms in total. The Morgan fingerprint density at radius 2 is 0.954 bits per heavy atom. The van der Waals surface area contributed by atoms with Gasteiger partial charge in [-0.2, -0.15) is 0 Å². The van der Waals surface area contributed by atoms with Crippen molar-refractivity contribution in [2.24, 2.45) is 23.7 Å². The van der Waals surface area contributed by atoms with Crippen LogP contribution in [0.4, 0.5) is 17.1 Å². The molecule has 1 unspecified atom stereocenters. The predicted molar refractivity (Wildman–Crippen MR) is 272 cm³/mol. The Kier molecular flexibility index (Phi) is 9.03. The Bertz CT molecular complexity index is 3090. The van der Waals surface area contributed by atoms with Gasteiger partial charge in [-0.15, -0.1) is 0 Å². The van der Waals surface area contributed by atoms with Crippen molar-refractivity contribution in [3.8, 4) is 55.6 Å². The normalized spacial score (nSPS) is 22.9. The number of fused-ring (bicyclic) bond motifs is 13. The summed E-state index contributed by atoms with van der Waals surface area (Å²) >= 11 is 0. The summed E-state index contributed by atoms with van der Waals surface area (Å²) in [5.74, 6) is 2.96. The number of hydrogen-bond acceptors (Lipinski definition) is 1. The minimum absolute atomic E-state index is 0.0802. The van der Waals surface area contributed by atoms with Gasteiger partial charge in [0.2, 0.25) is 0 Å². The molecule has 5 aliphatic carbocycles. The van der Waals surface area contributed by atoms with Crippen LogP contribution >= 0.6 is 0 Å². The van der Waals surface area contributed by atoms with E-state index in [1.807, 2.05) is 0 Å². The highest BCUT2D eigenvalue weighted by Gasteiger charge is 2.56. The zero-order chi connectivity index (χ0) is 43.3. The summed E-state index contributed by atoms with van der Waals surface area (Å²) < 4.78 is 0. The van der Waals surface area contributed by atoms with Crippen LogP contribution in [0.3, 0.4) is 0 Å². The Hall–Kier alpha value is -6.44. The molecule has 318 valence electrons. The first-order valence-electron chi connectivity index (χ1n) is 24.6. The lowest BCUT2D eigenvalue weighted by atomic mass is 9.49. The van der Waals surface area contributed by atoms with E-state index in [1.54, 1.807) is 11.1 Å². The minimum Gasteiger partial charge on any atom is -0.310 e. The number of hydrogen-bond donors (Lipinski definition) is 0. The van der Waals surface area contributed by atoms with Gasteiger partial charge in [0, 0.05) is 27.8 Å². The summed E-state index contributed by atoms with van der Waals surface area (Å²) in [5.41, 5.74) is 23.2. The maximum atomic E-state index is 2.61. The molecule has 0 aromatic heterocycles. The van der Waals surface area contributed by atoms with Gasteiger partial charge in [0.15, 0.2) is 0 Å². The third kappa shape index (κ3) is 5.90. The van der Waals surface area contributed by atoms with E-state index >= 15 is 0 Å². The summed E-state index contributed by atoms with van der Waals surface area (Å²) in [6.45, 7) is 5.09. The molecule has 0 saturated heterocycles. The van der Waals surface area contributed by atoms with Crippen LogP contribution in [0.15, 0.2) is 188 Å². The van der Waals surface area contributed by atoms with Crippen molar-refractivity contribution in [2.45, 2.75) is 76.0 Å². The molecule has 1 heteroatoms. The van der Waals surface area contributed by atoms with Gasteiger partial charge < -0.3 is 4.90 Å². The van der Waals surface area contributed by atoms with Gasteiger partial charge in [-0.05, 0) is 177 Å². The molecule has 65 heavy (non-hydrogen) atoms. The maximum Gasteiger partial charge on any atom is 0.0540 e. The van der Waals surface area contributed by atoms with E-state index in [9.17, 15) is 0 Å². The van der Waals surface area contributed by atoms with Crippen molar-refractivity contribution in [2.75, 3.05) is 4.90 Å².